The summed E-state index contributed by atoms with van der Waals surface area (Å²) in [6.07, 6.45) is 6.39. The van der Waals surface area contributed by atoms with Crippen molar-refractivity contribution in [3.8, 4) is 0 Å². The highest BCUT2D eigenvalue weighted by molar-refractivity contribution is 5.32. The molecule has 0 saturated carbocycles. The van der Waals surface area contributed by atoms with Crippen molar-refractivity contribution in [2.24, 2.45) is 5.92 Å². The second kappa shape index (κ2) is 7.55. The van der Waals surface area contributed by atoms with Crippen LogP contribution >= 0.6 is 0 Å². The number of ether oxygens (including phenoxy) is 1. The van der Waals surface area contributed by atoms with Crippen LogP contribution in [-0.4, -0.2) is 42.8 Å². The summed E-state index contributed by atoms with van der Waals surface area (Å²) >= 11 is 0. The summed E-state index contributed by atoms with van der Waals surface area (Å²) in [5.41, 5.74) is 1.11. The van der Waals surface area contributed by atoms with Gasteiger partial charge in [0.05, 0.1) is 6.61 Å². The standard InChI is InChI=1S/C15H26N4O/c1-12-5-4-7-19(13(12)2)15-17-10-14(11-18-15)9-16-6-8-20-3/h10-13,16H,4-9H2,1-3H3. The van der Waals surface area contributed by atoms with E-state index in [4.69, 9.17) is 4.74 Å². The lowest BCUT2D eigenvalue weighted by atomic mass is 9.92. The number of nitrogens with zero attached hydrogens (tertiary/aromatic N) is 3. The molecule has 1 N–H and O–H groups in total. The van der Waals surface area contributed by atoms with E-state index in [1.54, 1.807) is 7.11 Å². The number of nitrogens with one attached hydrogen (secondary N) is 1. The number of rotatable bonds is 6. The Labute approximate surface area is 121 Å². The fraction of sp³-hybridized carbons (Fsp3) is 0.733. The lowest BCUT2D eigenvalue weighted by Crippen LogP contribution is -2.43. The van der Waals surface area contributed by atoms with Crippen LogP contribution in [-0.2, 0) is 11.3 Å². The van der Waals surface area contributed by atoms with Crippen molar-refractivity contribution in [2.45, 2.75) is 39.3 Å². The van der Waals surface area contributed by atoms with Crippen LogP contribution < -0.4 is 10.2 Å². The van der Waals surface area contributed by atoms with E-state index in [0.717, 1.165) is 37.8 Å². The summed E-state index contributed by atoms with van der Waals surface area (Å²) in [5.74, 6) is 1.58. The maximum absolute atomic E-state index is 5.00. The number of aromatic nitrogens is 2. The Morgan fingerprint density at radius 1 is 1.35 bits per heavy atom. The molecular weight excluding hydrogens is 252 g/mol. The van der Waals surface area contributed by atoms with Gasteiger partial charge in [-0.3, -0.25) is 0 Å². The highest BCUT2D eigenvalue weighted by atomic mass is 16.5. The zero-order valence-corrected chi connectivity index (χ0v) is 12.8. The van der Waals surface area contributed by atoms with Crippen molar-refractivity contribution in [3.63, 3.8) is 0 Å². The maximum atomic E-state index is 5.00. The first-order valence-corrected chi connectivity index (χ1v) is 7.49. The molecule has 0 aromatic carbocycles. The van der Waals surface area contributed by atoms with E-state index in [2.05, 4.69) is 34.0 Å². The summed E-state index contributed by atoms with van der Waals surface area (Å²) in [5, 5.41) is 3.30. The van der Waals surface area contributed by atoms with Crippen LogP contribution in [0.15, 0.2) is 12.4 Å². The number of piperidine rings is 1. The molecule has 1 fully saturated rings. The normalized spacial score (nSPS) is 23.1. The Morgan fingerprint density at radius 2 is 2.10 bits per heavy atom. The van der Waals surface area contributed by atoms with Gasteiger partial charge in [-0.2, -0.15) is 0 Å². The van der Waals surface area contributed by atoms with Gasteiger partial charge < -0.3 is 15.0 Å². The predicted octanol–water partition coefficient (Wildman–Crippen LogP) is 1.84. The van der Waals surface area contributed by atoms with Gasteiger partial charge in [0.1, 0.15) is 0 Å². The minimum absolute atomic E-state index is 0.523. The molecule has 0 amide bonds. The van der Waals surface area contributed by atoms with Gasteiger partial charge >= 0.3 is 0 Å². The second-order valence-electron chi connectivity index (χ2n) is 5.61. The third kappa shape index (κ3) is 3.90. The molecule has 2 heterocycles. The lowest BCUT2D eigenvalue weighted by Gasteiger charge is -2.37. The van der Waals surface area contributed by atoms with Crippen LogP contribution in [0, 0.1) is 5.92 Å². The van der Waals surface area contributed by atoms with Crippen LogP contribution in [0.2, 0.25) is 0 Å². The van der Waals surface area contributed by atoms with Gasteiger partial charge in [0.15, 0.2) is 0 Å². The van der Waals surface area contributed by atoms with Crippen molar-refractivity contribution in [1.29, 1.82) is 0 Å². The Bertz CT molecular complexity index is 395. The van der Waals surface area contributed by atoms with E-state index < -0.39 is 0 Å². The predicted molar refractivity (Wildman–Crippen MR) is 80.8 cm³/mol. The molecule has 1 aromatic rings. The topological polar surface area (TPSA) is 50.3 Å². The van der Waals surface area contributed by atoms with Crippen LogP contribution in [0.1, 0.15) is 32.3 Å². The van der Waals surface area contributed by atoms with E-state index in [1.807, 2.05) is 12.4 Å². The molecule has 0 bridgehead atoms. The molecule has 1 saturated heterocycles. The van der Waals surface area contributed by atoms with Gasteiger partial charge in [-0.05, 0) is 25.7 Å². The average Bonchev–Trinajstić information content (AvgIpc) is 2.47. The Morgan fingerprint density at radius 3 is 2.80 bits per heavy atom. The molecule has 0 aliphatic carbocycles. The molecule has 1 aromatic heterocycles. The molecule has 2 unspecified atom stereocenters. The first-order valence-electron chi connectivity index (χ1n) is 7.49. The SMILES string of the molecule is COCCNCc1cnc(N2CCCC(C)C2C)nc1. The van der Waals surface area contributed by atoms with Gasteiger partial charge in [0.25, 0.3) is 0 Å². The third-order valence-corrected chi connectivity index (χ3v) is 4.13. The zero-order valence-electron chi connectivity index (χ0n) is 12.8. The van der Waals surface area contributed by atoms with E-state index in [1.165, 1.54) is 12.8 Å². The fourth-order valence-corrected chi connectivity index (χ4v) is 2.61. The van der Waals surface area contributed by atoms with Crippen molar-refractivity contribution in [3.05, 3.63) is 18.0 Å². The van der Waals surface area contributed by atoms with Crippen LogP contribution in [0.3, 0.4) is 0 Å². The quantitative estimate of drug-likeness (QED) is 0.805. The van der Waals surface area contributed by atoms with Crippen LogP contribution in [0.4, 0.5) is 5.95 Å². The van der Waals surface area contributed by atoms with E-state index in [9.17, 15) is 0 Å². The van der Waals surface area contributed by atoms with Crippen molar-refractivity contribution < 1.29 is 4.74 Å². The number of hydrogen-bond donors (Lipinski definition) is 1. The minimum atomic E-state index is 0.523. The van der Waals surface area contributed by atoms with Gasteiger partial charge in [-0.1, -0.05) is 6.92 Å². The van der Waals surface area contributed by atoms with Crippen LogP contribution in [0.25, 0.3) is 0 Å². The van der Waals surface area contributed by atoms with E-state index >= 15 is 0 Å². The Hall–Kier alpha value is -1.20. The molecule has 2 rings (SSSR count). The maximum Gasteiger partial charge on any atom is 0.225 e. The zero-order chi connectivity index (χ0) is 14.4. The molecule has 112 valence electrons. The van der Waals surface area contributed by atoms with Crippen LogP contribution in [0.5, 0.6) is 0 Å². The van der Waals surface area contributed by atoms with Crippen molar-refractivity contribution >= 4 is 5.95 Å². The molecule has 0 radical (unpaired) electrons. The molecule has 20 heavy (non-hydrogen) atoms. The molecule has 5 heteroatoms. The minimum Gasteiger partial charge on any atom is -0.383 e. The monoisotopic (exact) mass is 278 g/mol. The van der Waals surface area contributed by atoms with Gasteiger partial charge in [-0.25, -0.2) is 9.97 Å². The molecule has 1 aliphatic rings. The molecule has 5 nitrogen and oxygen atoms in total. The van der Waals surface area contributed by atoms with Crippen molar-refractivity contribution in [1.82, 2.24) is 15.3 Å². The average molecular weight is 278 g/mol. The fourth-order valence-electron chi connectivity index (χ4n) is 2.61. The Balaban J connectivity index is 1.90. The highest BCUT2D eigenvalue weighted by Gasteiger charge is 2.26. The summed E-state index contributed by atoms with van der Waals surface area (Å²) in [7, 11) is 1.71. The summed E-state index contributed by atoms with van der Waals surface area (Å²) in [6.45, 7) is 8.01. The summed E-state index contributed by atoms with van der Waals surface area (Å²) < 4.78 is 5.00. The first-order chi connectivity index (χ1) is 9.72. The Kier molecular flexibility index (Phi) is 5.73. The van der Waals surface area contributed by atoms with Gasteiger partial charge in [-0.15, -0.1) is 0 Å². The highest BCUT2D eigenvalue weighted by Crippen LogP contribution is 2.25. The smallest absolute Gasteiger partial charge is 0.225 e. The molecule has 2 atom stereocenters. The largest absolute Gasteiger partial charge is 0.383 e. The second-order valence-corrected chi connectivity index (χ2v) is 5.61. The number of methoxy groups -OCH3 is 1. The molecule has 0 spiro atoms. The van der Waals surface area contributed by atoms with Gasteiger partial charge in [0.2, 0.25) is 5.95 Å². The lowest BCUT2D eigenvalue weighted by molar-refractivity contribution is 0.199. The van der Waals surface area contributed by atoms with Gasteiger partial charge in [0, 0.05) is 50.7 Å². The third-order valence-electron chi connectivity index (χ3n) is 4.13. The molecule has 1 aliphatic heterocycles. The van der Waals surface area contributed by atoms with E-state index in [0.29, 0.717) is 12.0 Å². The number of anilines is 1. The van der Waals surface area contributed by atoms with Crippen molar-refractivity contribution in [2.75, 3.05) is 31.7 Å². The molecular formula is C15H26N4O. The van der Waals surface area contributed by atoms with E-state index in [-0.39, 0.29) is 0 Å². The summed E-state index contributed by atoms with van der Waals surface area (Å²) in [4.78, 5) is 11.4. The first kappa shape index (κ1) is 15.2. The summed E-state index contributed by atoms with van der Waals surface area (Å²) in [6, 6.07) is 0.523. The number of hydrogen-bond acceptors (Lipinski definition) is 5.